The van der Waals surface area contributed by atoms with E-state index in [1.165, 1.54) is 4.88 Å². The number of aliphatic hydroxyl groups is 1. The zero-order chi connectivity index (χ0) is 9.19. The monoisotopic (exact) mass is 249 g/mol. The summed E-state index contributed by atoms with van der Waals surface area (Å²) in [6, 6.07) is 1.99. The Morgan fingerprint density at radius 2 is 2.42 bits per heavy atom. The highest BCUT2D eigenvalue weighted by molar-refractivity contribution is 9.10. The summed E-state index contributed by atoms with van der Waals surface area (Å²) in [5.41, 5.74) is 5.31. The van der Waals surface area contributed by atoms with Crippen molar-refractivity contribution in [2.45, 2.75) is 18.9 Å². The molecule has 0 aliphatic heterocycles. The first-order valence-corrected chi connectivity index (χ1v) is 5.34. The summed E-state index contributed by atoms with van der Waals surface area (Å²) < 4.78 is 1.08. The van der Waals surface area contributed by atoms with E-state index in [-0.39, 0.29) is 6.61 Å². The molecule has 68 valence electrons. The predicted molar refractivity (Wildman–Crippen MR) is 55.4 cm³/mol. The topological polar surface area (TPSA) is 46.2 Å². The van der Waals surface area contributed by atoms with Crippen LogP contribution in [0, 0.1) is 0 Å². The highest BCUT2D eigenvalue weighted by atomic mass is 79.9. The molecule has 1 aromatic heterocycles. The second-order valence-corrected chi connectivity index (χ2v) is 5.04. The van der Waals surface area contributed by atoms with Gasteiger partial charge in [-0.3, -0.25) is 0 Å². The lowest BCUT2D eigenvalue weighted by atomic mass is 10.00. The summed E-state index contributed by atoms with van der Waals surface area (Å²) in [7, 11) is 0. The maximum atomic E-state index is 8.95. The van der Waals surface area contributed by atoms with Crippen LogP contribution in [0.1, 0.15) is 11.8 Å². The van der Waals surface area contributed by atoms with Gasteiger partial charge < -0.3 is 10.8 Å². The molecule has 1 atom stereocenters. The minimum Gasteiger partial charge on any atom is -0.394 e. The second-order valence-electron chi connectivity index (χ2n) is 3.18. The summed E-state index contributed by atoms with van der Waals surface area (Å²) >= 11 is 5.08. The lowest BCUT2D eigenvalue weighted by Crippen LogP contribution is -2.42. The Morgan fingerprint density at radius 3 is 2.83 bits per heavy atom. The van der Waals surface area contributed by atoms with Crippen molar-refractivity contribution in [2.75, 3.05) is 6.61 Å². The van der Waals surface area contributed by atoms with Crippen LogP contribution in [0.3, 0.4) is 0 Å². The molecule has 0 aromatic carbocycles. The smallest absolute Gasteiger partial charge is 0.0612 e. The molecule has 0 aliphatic rings. The molecule has 4 heteroatoms. The minimum absolute atomic E-state index is 0.0112. The SMILES string of the molecule is CC(N)(CO)Cc1sccc1Br. The van der Waals surface area contributed by atoms with E-state index in [1.807, 2.05) is 18.4 Å². The van der Waals surface area contributed by atoms with E-state index in [4.69, 9.17) is 10.8 Å². The first-order valence-electron chi connectivity index (χ1n) is 3.67. The van der Waals surface area contributed by atoms with Crippen LogP contribution >= 0.6 is 27.3 Å². The van der Waals surface area contributed by atoms with Crippen LogP contribution in [0.15, 0.2) is 15.9 Å². The quantitative estimate of drug-likeness (QED) is 0.858. The van der Waals surface area contributed by atoms with E-state index in [1.54, 1.807) is 11.3 Å². The number of thiophene rings is 1. The Kier molecular flexibility index (Phi) is 3.29. The number of hydrogen-bond acceptors (Lipinski definition) is 3. The number of rotatable bonds is 3. The third-order valence-corrected chi connectivity index (χ3v) is 3.54. The van der Waals surface area contributed by atoms with Crippen molar-refractivity contribution in [1.29, 1.82) is 0 Å². The van der Waals surface area contributed by atoms with Gasteiger partial charge in [-0.2, -0.15) is 0 Å². The van der Waals surface area contributed by atoms with E-state index in [2.05, 4.69) is 15.9 Å². The van der Waals surface area contributed by atoms with Crippen molar-refractivity contribution in [2.24, 2.45) is 5.73 Å². The molecule has 1 unspecified atom stereocenters. The minimum atomic E-state index is -0.507. The summed E-state index contributed by atoms with van der Waals surface area (Å²) in [5, 5.41) is 11.0. The van der Waals surface area contributed by atoms with Crippen molar-refractivity contribution in [3.05, 3.63) is 20.8 Å². The van der Waals surface area contributed by atoms with Gasteiger partial charge in [0.1, 0.15) is 0 Å². The van der Waals surface area contributed by atoms with Crippen LogP contribution < -0.4 is 5.73 Å². The van der Waals surface area contributed by atoms with Crippen molar-refractivity contribution in [3.8, 4) is 0 Å². The van der Waals surface area contributed by atoms with Gasteiger partial charge in [0.2, 0.25) is 0 Å². The molecule has 3 N–H and O–H groups in total. The number of hydrogen-bond donors (Lipinski definition) is 2. The van der Waals surface area contributed by atoms with Crippen LogP contribution in [0.4, 0.5) is 0 Å². The zero-order valence-electron chi connectivity index (χ0n) is 6.88. The maximum Gasteiger partial charge on any atom is 0.0612 e. The van der Waals surface area contributed by atoms with E-state index in [0.29, 0.717) is 6.42 Å². The lowest BCUT2D eigenvalue weighted by molar-refractivity contribution is 0.208. The Balaban J connectivity index is 2.70. The fraction of sp³-hybridized carbons (Fsp3) is 0.500. The molecule has 0 aliphatic carbocycles. The second kappa shape index (κ2) is 3.87. The molecule has 0 spiro atoms. The van der Waals surface area contributed by atoms with Crippen molar-refractivity contribution in [1.82, 2.24) is 0 Å². The van der Waals surface area contributed by atoms with Crippen LogP contribution in [0.2, 0.25) is 0 Å². The average molecular weight is 250 g/mol. The molecule has 0 radical (unpaired) electrons. The third-order valence-electron chi connectivity index (χ3n) is 1.62. The molecule has 0 amide bonds. The summed E-state index contributed by atoms with van der Waals surface area (Å²) in [6.45, 7) is 1.86. The highest BCUT2D eigenvalue weighted by Crippen LogP contribution is 2.25. The van der Waals surface area contributed by atoms with Gasteiger partial charge in [-0.1, -0.05) is 0 Å². The molecular weight excluding hydrogens is 238 g/mol. The molecule has 1 heterocycles. The van der Waals surface area contributed by atoms with Crippen LogP contribution in [-0.4, -0.2) is 17.3 Å². The molecular formula is C8H12BrNOS. The Hall–Kier alpha value is 0.100. The van der Waals surface area contributed by atoms with Crippen LogP contribution in [0.5, 0.6) is 0 Å². The number of nitrogens with two attached hydrogens (primary N) is 1. The molecule has 1 aromatic rings. The number of aliphatic hydroxyl groups excluding tert-OH is 1. The molecule has 0 saturated carbocycles. The molecule has 12 heavy (non-hydrogen) atoms. The average Bonchev–Trinajstić information content (AvgIpc) is 2.36. The standard InChI is InChI=1S/C8H12BrNOS/c1-8(10,5-11)4-7-6(9)2-3-12-7/h2-3,11H,4-5,10H2,1H3. The largest absolute Gasteiger partial charge is 0.394 e. The van der Waals surface area contributed by atoms with E-state index in [0.717, 1.165) is 4.47 Å². The van der Waals surface area contributed by atoms with Crippen LogP contribution in [-0.2, 0) is 6.42 Å². The summed E-state index contributed by atoms with van der Waals surface area (Å²) in [4.78, 5) is 1.19. The highest BCUT2D eigenvalue weighted by Gasteiger charge is 2.19. The maximum absolute atomic E-state index is 8.95. The molecule has 0 saturated heterocycles. The Morgan fingerprint density at radius 1 is 1.75 bits per heavy atom. The van der Waals surface area contributed by atoms with Crippen molar-refractivity contribution >= 4 is 27.3 Å². The van der Waals surface area contributed by atoms with E-state index >= 15 is 0 Å². The van der Waals surface area contributed by atoms with Gasteiger partial charge >= 0.3 is 0 Å². The first kappa shape index (κ1) is 10.2. The van der Waals surface area contributed by atoms with Gasteiger partial charge in [0.05, 0.1) is 6.61 Å². The lowest BCUT2D eigenvalue weighted by Gasteiger charge is -2.20. The molecule has 2 nitrogen and oxygen atoms in total. The fourth-order valence-electron chi connectivity index (χ4n) is 0.874. The summed E-state index contributed by atoms with van der Waals surface area (Å²) in [6.07, 6.45) is 0.710. The molecule has 0 bridgehead atoms. The Labute approximate surface area is 84.5 Å². The van der Waals surface area contributed by atoms with Gasteiger partial charge in [-0.25, -0.2) is 0 Å². The van der Waals surface area contributed by atoms with Gasteiger partial charge in [-0.05, 0) is 34.3 Å². The van der Waals surface area contributed by atoms with E-state index in [9.17, 15) is 0 Å². The Bertz CT molecular complexity index is 259. The van der Waals surface area contributed by atoms with Crippen molar-refractivity contribution < 1.29 is 5.11 Å². The normalized spacial score (nSPS) is 16.0. The van der Waals surface area contributed by atoms with Crippen LogP contribution in [0.25, 0.3) is 0 Å². The van der Waals surface area contributed by atoms with Gasteiger partial charge in [0.15, 0.2) is 0 Å². The first-order chi connectivity index (χ1) is 5.55. The number of halogens is 1. The van der Waals surface area contributed by atoms with Gasteiger partial charge in [-0.15, -0.1) is 11.3 Å². The third kappa shape index (κ3) is 2.55. The van der Waals surface area contributed by atoms with Gasteiger partial charge in [0.25, 0.3) is 0 Å². The predicted octanol–water partition coefficient (Wildman–Crippen LogP) is 1.76. The zero-order valence-corrected chi connectivity index (χ0v) is 9.28. The fourth-order valence-corrected chi connectivity index (χ4v) is 2.56. The molecule has 0 fully saturated rings. The molecule has 1 rings (SSSR count). The summed E-state index contributed by atoms with van der Waals surface area (Å²) in [5.74, 6) is 0. The van der Waals surface area contributed by atoms with Gasteiger partial charge in [0, 0.05) is 21.3 Å². The van der Waals surface area contributed by atoms with E-state index < -0.39 is 5.54 Å². The van der Waals surface area contributed by atoms with Crippen molar-refractivity contribution in [3.63, 3.8) is 0 Å².